The summed E-state index contributed by atoms with van der Waals surface area (Å²) in [6, 6.07) is 20.8. The average molecular weight is 572 g/mol. The van der Waals surface area contributed by atoms with Crippen LogP contribution in [-0.2, 0) is 22.3 Å². The van der Waals surface area contributed by atoms with Crippen LogP contribution >= 0.6 is 0 Å². The van der Waals surface area contributed by atoms with Gasteiger partial charge in [-0.05, 0) is 80.4 Å². The van der Waals surface area contributed by atoms with Crippen molar-refractivity contribution in [1.82, 2.24) is 14.7 Å². The predicted octanol–water partition coefficient (Wildman–Crippen LogP) is 5.44. The number of hydrogen-bond donors (Lipinski definition) is 0. The lowest BCUT2D eigenvalue weighted by Gasteiger charge is -2.52. The van der Waals surface area contributed by atoms with Gasteiger partial charge in [0, 0.05) is 44.0 Å². The summed E-state index contributed by atoms with van der Waals surface area (Å²) in [6.07, 6.45) is 9.92. The molecule has 0 N–H and O–H groups in total. The maximum Gasteiger partial charge on any atom is 0.209 e. The Morgan fingerprint density at radius 3 is 2.17 bits per heavy atom. The number of likely N-dealkylation sites (tertiary alicyclic amines) is 1. The first-order valence-electron chi connectivity index (χ1n) is 15.0. The van der Waals surface area contributed by atoms with E-state index in [1.165, 1.54) is 48.3 Å². The van der Waals surface area contributed by atoms with Crippen LogP contribution in [0.3, 0.4) is 0 Å². The van der Waals surface area contributed by atoms with Gasteiger partial charge in [0.1, 0.15) is 4.90 Å². The lowest BCUT2D eigenvalue weighted by Crippen LogP contribution is -2.60. The fraction of sp³-hybridized carbons (Fsp3) is 0.515. The van der Waals surface area contributed by atoms with Crippen molar-refractivity contribution in [2.45, 2.75) is 60.7 Å². The van der Waals surface area contributed by atoms with Crippen molar-refractivity contribution in [3.63, 3.8) is 0 Å². The molecule has 3 heterocycles. The molecule has 8 heteroatoms. The molecule has 1 atom stereocenters. The van der Waals surface area contributed by atoms with Crippen molar-refractivity contribution in [2.75, 3.05) is 37.6 Å². The van der Waals surface area contributed by atoms with Gasteiger partial charge in [0.05, 0.1) is 22.6 Å². The molecule has 0 amide bonds. The second kappa shape index (κ2) is 10.9. The van der Waals surface area contributed by atoms with Gasteiger partial charge in [-0.1, -0.05) is 50.1 Å². The van der Waals surface area contributed by atoms with Gasteiger partial charge in [0.15, 0.2) is 0 Å². The summed E-state index contributed by atoms with van der Waals surface area (Å²) in [5.74, 6) is 0.872. The maximum atomic E-state index is 12.9. The van der Waals surface area contributed by atoms with Crippen molar-refractivity contribution in [2.24, 2.45) is 24.3 Å². The predicted molar refractivity (Wildman–Crippen MR) is 160 cm³/mol. The number of nitriles is 1. The minimum atomic E-state index is -3.56. The highest BCUT2D eigenvalue weighted by atomic mass is 32.2. The number of anilines is 1. The Bertz CT molecular complexity index is 1490. The van der Waals surface area contributed by atoms with Crippen LogP contribution in [0.15, 0.2) is 76.8 Å². The SMILES string of the molecule is Cn1cc(S(=O)(=O)c2ccc(N3CC(C)(CN4CCC(C(C#N)(c5ccccc5)C5CCCC5)CC4)C3)cc2)cn1. The number of rotatable bonds is 8. The molecule has 3 aliphatic rings. The smallest absolute Gasteiger partial charge is 0.209 e. The third kappa shape index (κ3) is 5.19. The molecule has 2 saturated heterocycles. The Hall–Kier alpha value is -3.15. The van der Waals surface area contributed by atoms with E-state index in [1.54, 1.807) is 19.2 Å². The largest absolute Gasteiger partial charge is 0.370 e. The molecule has 2 aromatic carbocycles. The first-order valence-corrected chi connectivity index (χ1v) is 16.5. The Labute approximate surface area is 244 Å². The van der Waals surface area contributed by atoms with Crippen LogP contribution in [0.2, 0.25) is 0 Å². The standard InChI is InChI=1S/C33H41N5O2S/c1-32(24-38(25-32)29-12-14-30(15-13-29)41(39,40)31-20-35-36(2)21-31)23-37-18-16-28(17-19-37)33(22-34,27-10-6-7-11-27)26-8-4-3-5-9-26/h3-5,8-9,12-15,20-21,27-28H,6-7,10-11,16-19,23-25H2,1-2H3. The second-order valence-corrected chi connectivity index (χ2v) is 14.8. The third-order valence-electron chi connectivity index (χ3n) is 9.92. The molecule has 3 fully saturated rings. The van der Waals surface area contributed by atoms with E-state index < -0.39 is 9.84 Å². The molecule has 0 radical (unpaired) electrons. The first kappa shape index (κ1) is 28.0. The van der Waals surface area contributed by atoms with Crippen LogP contribution in [0.1, 0.15) is 51.0 Å². The van der Waals surface area contributed by atoms with Crippen molar-refractivity contribution >= 4 is 15.5 Å². The zero-order valence-corrected chi connectivity index (χ0v) is 25.1. The number of nitrogens with zero attached hydrogens (tertiary/aromatic N) is 5. The van der Waals surface area contributed by atoms with Crippen LogP contribution in [0, 0.1) is 28.6 Å². The zero-order valence-electron chi connectivity index (χ0n) is 24.2. The van der Waals surface area contributed by atoms with Gasteiger partial charge in [-0.3, -0.25) is 4.68 Å². The van der Waals surface area contributed by atoms with Crippen LogP contribution in [0.4, 0.5) is 5.69 Å². The molecular formula is C33H41N5O2S. The van der Waals surface area contributed by atoms with Gasteiger partial charge in [0.2, 0.25) is 9.84 Å². The summed E-state index contributed by atoms with van der Waals surface area (Å²) in [4.78, 5) is 5.46. The Kier molecular flexibility index (Phi) is 7.46. The van der Waals surface area contributed by atoms with Crippen molar-refractivity contribution in [1.29, 1.82) is 5.26 Å². The van der Waals surface area contributed by atoms with Crippen LogP contribution in [0.5, 0.6) is 0 Å². The molecule has 1 aromatic heterocycles. The molecular weight excluding hydrogens is 530 g/mol. The fourth-order valence-electron chi connectivity index (χ4n) is 7.90. The van der Waals surface area contributed by atoms with Gasteiger partial charge in [0.25, 0.3) is 0 Å². The van der Waals surface area contributed by atoms with Gasteiger partial charge in [-0.15, -0.1) is 0 Å². The molecule has 0 spiro atoms. The average Bonchev–Trinajstić information content (AvgIpc) is 3.67. The minimum Gasteiger partial charge on any atom is -0.370 e. The zero-order chi connectivity index (χ0) is 28.7. The summed E-state index contributed by atoms with van der Waals surface area (Å²) in [7, 11) is -1.85. The Morgan fingerprint density at radius 1 is 0.951 bits per heavy atom. The van der Waals surface area contributed by atoms with E-state index in [1.807, 2.05) is 12.1 Å². The van der Waals surface area contributed by atoms with E-state index in [9.17, 15) is 13.7 Å². The minimum absolute atomic E-state index is 0.199. The number of benzene rings is 2. The molecule has 3 aromatic rings. The molecule has 1 aliphatic carbocycles. The number of piperidine rings is 1. The molecule has 1 saturated carbocycles. The second-order valence-electron chi connectivity index (χ2n) is 12.9. The van der Waals surface area contributed by atoms with E-state index in [0.717, 1.165) is 51.3 Å². The molecule has 6 rings (SSSR count). The number of aromatic nitrogens is 2. The lowest BCUT2D eigenvalue weighted by molar-refractivity contribution is 0.0734. The maximum absolute atomic E-state index is 12.9. The van der Waals surface area contributed by atoms with Gasteiger partial charge >= 0.3 is 0 Å². The third-order valence-corrected chi connectivity index (χ3v) is 11.6. The monoisotopic (exact) mass is 571 g/mol. The molecule has 216 valence electrons. The molecule has 7 nitrogen and oxygen atoms in total. The quantitative estimate of drug-likeness (QED) is 0.358. The van der Waals surface area contributed by atoms with Crippen LogP contribution in [0.25, 0.3) is 0 Å². The Balaban J connectivity index is 1.06. The van der Waals surface area contributed by atoms with Crippen molar-refractivity contribution in [3.05, 3.63) is 72.6 Å². The van der Waals surface area contributed by atoms with Gasteiger partial charge in [-0.25, -0.2) is 8.42 Å². The highest BCUT2D eigenvalue weighted by Gasteiger charge is 2.49. The van der Waals surface area contributed by atoms with E-state index in [2.05, 4.69) is 58.2 Å². The van der Waals surface area contributed by atoms with Crippen LogP contribution in [-0.4, -0.2) is 55.8 Å². The molecule has 0 bridgehead atoms. The van der Waals surface area contributed by atoms with Crippen LogP contribution < -0.4 is 4.90 Å². The van der Waals surface area contributed by atoms with Gasteiger partial charge in [-0.2, -0.15) is 10.4 Å². The number of hydrogen-bond acceptors (Lipinski definition) is 6. The number of aryl methyl sites for hydroxylation is 1. The molecule has 2 aliphatic heterocycles. The number of sulfone groups is 1. The van der Waals surface area contributed by atoms with E-state index >= 15 is 0 Å². The highest BCUT2D eigenvalue weighted by molar-refractivity contribution is 7.91. The summed E-state index contributed by atoms with van der Waals surface area (Å²) >= 11 is 0. The topological polar surface area (TPSA) is 82.2 Å². The highest BCUT2D eigenvalue weighted by Crippen LogP contribution is 2.50. The summed E-state index contributed by atoms with van der Waals surface area (Å²) in [6.45, 7) is 7.41. The molecule has 41 heavy (non-hydrogen) atoms. The Morgan fingerprint density at radius 2 is 1.59 bits per heavy atom. The van der Waals surface area contributed by atoms with E-state index in [-0.39, 0.29) is 15.7 Å². The van der Waals surface area contributed by atoms with Crippen molar-refractivity contribution in [3.8, 4) is 6.07 Å². The van der Waals surface area contributed by atoms with Crippen molar-refractivity contribution < 1.29 is 8.42 Å². The van der Waals surface area contributed by atoms with E-state index in [4.69, 9.17) is 0 Å². The summed E-state index contributed by atoms with van der Waals surface area (Å²) < 4.78 is 27.3. The van der Waals surface area contributed by atoms with E-state index in [0.29, 0.717) is 16.7 Å². The van der Waals surface area contributed by atoms with Gasteiger partial charge < -0.3 is 9.80 Å². The summed E-state index contributed by atoms with van der Waals surface area (Å²) in [5.41, 5.74) is 2.13. The first-order chi connectivity index (χ1) is 19.7. The summed E-state index contributed by atoms with van der Waals surface area (Å²) in [5, 5.41) is 14.7. The normalized spacial score (nSPS) is 21.7. The molecule has 1 unspecified atom stereocenters. The lowest BCUT2D eigenvalue weighted by atomic mass is 9.60. The fourth-order valence-corrected chi connectivity index (χ4v) is 9.14.